The smallest absolute Gasteiger partial charge is 0.149 e. The second-order valence-electron chi connectivity index (χ2n) is 4.90. The standard InChI is InChI=1S/C16H16O4/c1-18-13-4-2-11(3-5-13)15-8-14(16(9-17)20-15)12-6-7-19-10-12/h2-7,9-10,14-16H,8H2,1H3/t14-,15?,16?/m0/s1. The predicted molar refractivity (Wildman–Crippen MR) is 72.7 cm³/mol. The summed E-state index contributed by atoms with van der Waals surface area (Å²) in [7, 11) is 1.64. The molecule has 0 amide bonds. The summed E-state index contributed by atoms with van der Waals surface area (Å²) < 4.78 is 16.1. The highest BCUT2D eigenvalue weighted by molar-refractivity contribution is 5.59. The first-order valence-corrected chi connectivity index (χ1v) is 6.58. The minimum absolute atomic E-state index is 0.0540. The maximum absolute atomic E-state index is 11.2. The third-order valence-corrected chi connectivity index (χ3v) is 3.78. The Labute approximate surface area is 117 Å². The van der Waals surface area contributed by atoms with Crippen LogP contribution in [0.15, 0.2) is 47.3 Å². The van der Waals surface area contributed by atoms with Gasteiger partial charge in [0.2, 0.25) is 0 Å². The zero-order valence-electron chi connectivity index (χ0n) is 11.2. The third kappa shape index (κ3) is 2.34. The molecule has 1 aliphatic heterocycles. The van der Waals surface area contributed by atoms with Crippen LogP contribution in [0.3, 0.4) is 0 Å². The summed E-state index contributed by atoms with van der Waals surface area (Å²) in [6.07, 6.45) is 4.46. The highest BCUT2D eigenvalue weighted by Crippen LogP contribution is 2.42. The average Bonchev–Trinajstić information content (AvgIpc) is 3.16. The van der Waals surface area contributed by atoms with E-state index in [-0.39, 0.29) is 12.0 Å². The van der Waals surface area contributed by atoms with Crippen LogP contribution in [0.5, 0.6) is 5.75 Å². The number of hydrogen-bond acceptors (Lipinski definition) is 4. The van der Waals surface area contributed by atoms with Crippen LogP contribution in [0.4, 0.5) is 0 Å². The molecule has 0 spiro atoms. The minimum Gasteiger partial charge on any atom is -0.497 e. The molecule has 3 rings (SSSR count). The molecule has 0 radical (unpaired) electrons. The normalized spacial score (nSPS) is 25.6. The van der Waals surface area contributed by atoms with Gasteiger partial charge in [-0.15, -0.1) is 0 Å². The SMILES string of the molecule is COc1ccc(C2C[C@@H](c3ccoc3)C(C=O)O2)cc1. The molecule has 3 atom stereocenters. The van der Waals surface area contributed by atoms with Crippen molar-refractivity contribution in [2.24, 2.45) is 0 Å². The summed E-state index contributed by atoms with van der Waals surface area (Å²) in [4.78, 5) is 11.2. The van der Waals surface area contributed by atoms with Crippen LogP contribution in [0, 0.1) is 0 Å². The average molecular weight is 272 g/mol. The van der Waals surface area contributed by atoms with Gasteiger partial charge in [-0.1, -0.05) is 12.1 Å². The van der Waals surface area contributed by atoms with E-state index in [0.717, 1.165) is 29.6 Å². The van der Waals surface area contributed by atoms with Crippen LogP contribution in [-0.4, -0.2) is 19.5 Å². The number of aldehydes is 1. The number of furan rings is 1. The molecule has 4 heteroatoms. The largest absolute Gasteiger partial charge is 0.497 e. The Balaban J connectivity index is 1.80. The minimum atomic E-state index is -0.417. The summed E-state index contributed by atoms with van der Waals surface area (Å²) in [5.74, 6) is 0.864. The van der Waals surface area contributed by atoms with Gasteiger partial charge in [0.1, 0.15) is 18.1 Å². The van der Waals surface area contributed by atoms with Crippen molar-refractivity contribution in [3.63, 3.8) is 0 Å². The van der Waals surface area contributed by atoms with E-state index in [9.17, 15) is 4.79 Å². The summed E-state index contributed by atoms with van der Waals surface area (Å²) in [5, 5.41) is 0. The molecule has 1 aromatic carbocycles. The third-order valence-electron chi connectivity index (χ3n) is 3.78. The van der Waals surface area contributed by atoms with E-state index in [4.69, 9.17) is 13.9 Å². The molecule has 0 aliphatic carbocycles. The number of methoxy groups -OCH3 is 1. The summed E-state index contributed by atoms with van der Waals surface area (Å²) >= 11 is 0. The molecule has 0 saturated carbocycles. The van der Waals surface area contributed by atoms with Crippen molar-refractivity contribution in [2.45, 2.75) is 24.5 Å². The lowest BCUT2D eigenvalue weighted by atomic mass is 9.92. The first-order chi connectivity index (χ1) is 9.81. The van der Waals surface area contributed by atoms with Crippen molar-refractivity contribution in [1.82, 2.24) is 0 Å². The quantitative estimate of drug-likeness (QED) is 0.802. The first-order valence-electron chi connectivity index (χ1n) is 6.58. The van der Waals surface area contributed by atoms with E-state index < -0.39 is 6.10 Å². The van der Waals surface area contributed by atoms with Crippen LogP contribution in [-0.2, 0) is 9.53 Å². The molecule has 20 heavy (non-hydrogen) atoms. The van der Waals surface area contributed by atoms with Crippen LogP contribution in [0.25, 0.3) is 0 Å². The Morgan fingerprint density at radius 3 is 2.60 bits per heavy atom. The fourth-order valence-electron chi connectivity index (χ4n) is 2.68. The zero-order chi connectivity index (χ0) is 13.9. The van der Waals surface area contributed by atoms with Crippen LogP contribution >= 0.6 is 0 Å². The monoisotopic (exact) mass is 272 g/mol. The molecular formula is C16H16O4. The molecule has 1 aromatic heterocycles. The molecular weight excluding hydrogens is 256 g/mol. The van der Waals surface area contributed by atoms with Crippen molar-refractivity contribution < 1.29 is 18.7 Å². The summed E-state index contributed by atoms with van der Waals surface area (Å²) in [6, 6.07) is 9.65. The first kappa shape index (κ1) is 12.9. The van der Waals surface area contributed by atoms with Gasteiger partial charge < -0.3 is 18.7 Å². The lowest BCUT2D eigenvalue weighted by molar-refractivity contribution is -0.118. The van der Waals surface area contributed by atoms with E-state index in [1.165, 1.54) is 0 Å². The van der Waals surface area contributed by atoms with Crippen molar-refractivity contribution in [3.05, 3.63) is 54.0 Å². The fraction of sp³-hybridized carbons (Fsp3) is 0.312. The van der Waals surface area contributed by atoms with Crippen molar-refractivity contribution >= 4 is 6.29 Å². The van der Waals surface area contributed by atoms with Crippen molar-refractivity contribution in [3.8, 4) is 5.75 Å². The maximum atomic E-state index is 11.2. The highest BCUT2D eigenvalue weighted by Gasteiger charge is 2.37. The lowest BCUT2D eigenvalue weighted by Gasteiger charge is -2.11. The van der Waals surface area contributed by atoms with Gasteiger partial charge in [0.15, 0.2) is 0 Å². The number of ether oxygens (including phenoxy) is 2. The van der Waals surface area contributed by atoms with Crippen molar-refractivity contribution in [1.29, 1.82) is 0 Å². The van der Waals surface area contributed by atoms with Gasteiger partial charge in [0.05, 0.1) is 25.7 Å². The number of carbonyl (C=O) groups excluding carboxylic acids is 1. The van der Waals surface area contributed by atoms with E-state index in [1.807, 2.05) is 30.3 Å². The van der Waals surface area contributed by atoms with Gasteiger partial charge in [-0.2, -0.15) is 0 Å². The van der Waals surface area contributed by atoms with E-state index in [0.29, 0.717) is 0 Å². The van der Waals surface area contributed by atoms with Gasteiger partial charge >= 0.3 is 0 Å². The Morgan fingerprint density at radius 2 is 2.00 bits per heavy atom. The Bertz CT molecular complexity index is 559. The van der Waals surface area contributed by atoms with Gasteiger partial charge in [-0.3, -0.25) is 0 Å². The summed E-state index contributed by atoms with van der Waals surface area (Å²) in [6.45, 7) is 0. The zero-order valence-corrected chi connectivity index (χ0v) is 11.2. The Kier molecular flexibility index (Phi) is 3.56. The molecule has 2 unspecified atom stereocenters. The van der Waals surface area contributed by atoms with Gasteiger partial charge in [-0.25, -0.2) is 0 Å². The molecule has 4 nitrogen and oxygen atoms in total. The molecule has 2 heterocycles. The Hall–Kier alpha value is -2.07. The van der Waals surface area contributed by atoms with Crippen LogP contribution in [0.1, 0.15) is 29.6 Å². The van der Waals surface area contributed by atoms with Gasteiger partial charge in [-0.05, 0) is 35.7 Å². The van der Waals surface area contributed by atoms with Crippen LogP contribution < -0.4 is 4.74 Å². The van der Waals surface area contributed by atoms with E-state index in [1.54, 1.807) is 19.6 Å². The number of hydrogen-bond donors (Lipinski definition) is 0. The molecule has 1 aliphatic rings. The number of rotatable bonds is 4. The maximum Gasteiger partial charge on any atom is 0.149 e. The topological polar surface area (TPSA) is 48.7 Å². The number of carbonyl (C=O) groups is 1. The second-order valence-corrected chi connectivity index (χ2v) is 4.90. The van der Waals surface area contributed by atoms with Crippen LogP contribution in [0.2, 0.25) is 0 Å². The molecule has 1 saturated heterocycles. The molecule has 1 fully saturated rings. The Morgan fingerprint density at radius 1 is 1.20 bits per heavy atom. The second kappa shape index (κ2) is 5.51. The van der Waals surface area contributed by atoms with E-state index >= 15 is 0 Å². The molecule has 104 valence electrons. The van der Waals surface area contributed by atoms with E-state index in [2.05, 4.69) is 0 Å². The highest BCUT2D eigenvalue weighted by atomic mass is 16.5. The number of benzene rings is 1. The van der Waals surface area contributed by atoms with Crippen molar-refractivity contribution in [2.75, 3.05) is 7.11 Å². The molecule has 2 aromatic rings. The predicted octanol–water partition coefficient (Wildman–Crippen LogP) is 3.10. The fourth-order valence-corrected chi connectivity index (χ4v) is 2.68. The molecule has 0 bridgehead atoms. The molecule has 0 N–H and O–H groups in total. The summed E-state index contributed by atoms with van der Waals surface area (Å²) in [5.41, 5.74) is 2.07. The lowest BCUT2D eigenvalue weighted by Crippen LogP contribution is -2.15. The van der Waals surface area contributed by atoms with Gasteiger partial charge in [0, 0.05) is 5.92 Å². The van der Waals surface area contributed by atoms with Gasteiger partial charge in [0.25, 0.3) is 0 Å².